The van der Waals surface area contributed by atoms with E-state index < -0.39 is 72.7 Å². The van der Waals surface area contributed by atoms with Gasteiger partial charge in [0.2, 0.25) is 6.29 Å². The first-order chi connectivity index (χ1) is 20.3. The zero-order valence-electron chi connectivity index (χ0n) is 22.8. The van der Waals surface area contributed by atoms with Gasteiger partial charge >= 0.3 is 0 Å². The average molecular weight is 611 g/mol. The lowest BCUT2D eigenvalue weighted by atomic mass is 9.96. The number of aliphatic hydroxyl groups is 6. The molecule has 0 saturated carbocycles. The quantitative estimate of drug-likeness (QED) is 0.161. The third kappa shape index (κ3) is 6.17. The number of aromatic hydroxyl groups is 4. The summed E-state index contributed by atoms with van der Waals surface area (Å²) in [5.74, 6) is -1.50. The van der Waals surface area contributed by atoms with Crippen molar-refractivity contribution in [3.8, 4) is 28.7 Å². The van der Waals surface area contributed by atoms with E-state index in [4.69, 9.17) is 23.7 Å². The van der Waals surface area contributed by atoms with Crippen LogP contribution in [0.2, 0.25) is 0 Å². The van der Waals surface area contributed by atoms with Gasteiger partial charge in [0.15, 0.2) is 17.3 Å². The molecular formula is C28H34O15. The van der Waals surface area contributed by atoms with Crippen molar-refractivity contribution < 1.29 is 74.7 Å². The minimum absolute atomic E-state index is 0.0321. The second-order valence-electron chi connectivity index (χ2n) is 10.7. The fourth-order valence-corrected chi connectivity index (χ4v) is 5.14. The molecule has 2 aromatic rings. The number of phenols is 4. The van der Waals surface area contributed by atoms with Gasteiger partial charge in [0.1, 0.15) is 71.8 Å². The van der Waals surface area contributed by atoms with Gasteiger partial charge in [0.05, 0.1) is 19.3 Å². The zero-order chi connectivity index (χ0) is 31.2. The summed E-state index contributed by atoms with van der Waals surface area (Å²) in [6.07, 6.45) is -14.2. The molecule has 43 heavy (non-hydrogen) atoms. The number of hydrogen-bond acceptors (Lipinski definition) is 15. The van der Waals surface area contributed by atoms with Crippen molar-refractivity contribution in [3.05, 3.63) is 47.2 Å². The van der Waals surface area contributed by atoms with E-state index in [1.165, 1.54) is 31.2 Å². The van der Waals surface area contributed by atoms with Crippen LogP contribution in [0.1, 0.15) is 18.1 Å². The number of aliphatic hydroxyl groups excluding tert-OH is 6. The van der Waals surface area contributed by atoms with Gasteiger partial charge in [-0.2, -0.15) is 0 Å². The lowest BCUT2D eigenvalue weighted by Crippen LogP contribution is -2.60. The Balaban J connectivity index is 1.35. The van der Waals surface area contributed by atoms with E-state index in [0.717, 1.165) is 6.07 Å². The molecule has 10 atom stereocenters. The van der Waals surface area contributed by atoms with Gasteiger partial charge < -0.3 is 74.7 Å². The van der Waals surface area contributed by atoms with Crippen molar-refractivity contribution in [1.29, 1.82) is 0 Å². The van der Waals surface area contributed by atoms with Crippen molar-refractivity contribution in [2.45, 2.75) is 74.6 Å². The third-order valence-electron chi connectivity index (χ3n) is 7.65. The minimum atomic E-state index is -1.77. The van der Waals surface area contributed by atoms with Crippen LogP contribution in [0.15, 0.2) is 36.1 Å². The number of fused-ring (bicyclic) bond motifs is 1. The molecule has 5 rings (SSSR count). The lowest BCUT2D eigenvalue weighted by molar-refractivity contribution is -0.296. The van der Waals surface area contributed by atoms with E-state index in [9.17, 15) is 51.1 Å². The first-order valence-electron chi connectivity index (χ1n) is 13.5. The van der Waals surface area contributed by atoms with Crippen molar-refractivity contribution in [3.63, 3.8) is 0 Å². The summed E-state index contributed by atoms with van der Waals surface area (Å²) in [5.41, 5.74) is 0.412. The van der Waals surface area contributed by atoms with Crippen LogP contribution in [-0.4, -0.2) is 126 Å². The predicted octanol–water partition coefficient (Wildman–Crippen LogP) is -1.48. The summed E-state index contributed by atoms with van der Waals surface area (Å²) in [5, 5.41) is 102. The number of phenolic OH excluding ortho intramolecular Hbond substituents is 4. The molecule has 0 spiro atoms. The van der Waals surface area contributed by atoms with Gasteiger partial charge in [-0.05, 0) is 25.1 Å². The van der Waals surface area contributed by atoms with E-state index in [1.54, 1.807) is 0 Å². The maximum Gasteiger partial charge on any atom is 0.228 e. The molecule has 15 heteroatoms. The van der Waals surface area contributed by atoms with Crippen LogP contribution in [0.3, 0.4) is 0 Å². The minimum Gasteiger partial charge on any atom is -0.508 e. The SMILES string of the molecule is C[C@@H]1O[C@H](COC[C@@H]2O[C@@H](OC3=C(c4ccc(O)c(O)c4)Oc4cc(O)cc(O)c4C3)[C@H](O)[C@H](O)[C@@H]2O)[C@H](O)[C@@H](O)[C@H]1O. The Hall–Kier alpha value is -3.38. The first-order valence-corrected chi connectivity index (χ1v) is 13.5. The van der Waals surface area contributed by atoms with Crippen LogP contribution >= 0.6 is 0 Å². The standard InChI is InChI=1S/C28H34O15/c1-10-21(33)24(36)22(34)19(40-10)8-39-9-20-23(35)25(37)26(38)28(43-20)42-18-7-13-15(31)5-12(29)6-17(13)41-27(18)11-2-3-14(30)16(32)4-11/h2-6,10,19-26,28-38H,7-9H2,1H3/t10-,19+,20-,21-,22-,23+,24-,25+,26+,28+/m0/s1. The second kappa shape index (κ2) is 12.3. The van der Waals surface area contributed by atoms with Crippen molar-refractivity contribution >= 4 is 5.76 Å². The van der Waals surface area contributed by atoms with E-state index in [0.29, 0.717) is 0 Å². The highest BCUT2D eigenvalue weighted by molar-refractivity contribution is 5.71. The Kier molecular flexibility index (Phi) is 8.89. The highest BCUT2D eigenvalue weighted by Crippen LogP contribution is 2.43. The molecule has 3 heterocycles. The van der Waals surface area contributed by atoms with Crippen LogP contribution < -0.4 is 4.74 Å². The lowest BCUT2D eigenvalue weighted by Gasteiger charge is -2.41. The molecular weight excluding hydrogens is 576 g/mol. The summed E-state index contributed by atoms with van der Waals surface area (Å²) < 4.78 is 28.6. The first kappa shape index (κ1) is 31.1. The smallest absolute Gasteiger partial charge is 0.228 e. The summed E-state index contributed by atoms with van der Waals surface area (Å²) in [7, 11) is 0. The number of ether oxygens (including phenoxy) is 5. The van der Waals surface area contributed by atoms with Gasteiger partial charge in [0.25, 0.3) is 0 Å². The van der Waals surface area contributed by atoms with E-state index >= 15 is 0 Å². The van der Waals surface area contributed by atoms with Gasteiger partial charge in [-0.3, -0.25) is 0 Å². The Morgan fingerprint density at radius 3 is 2.05 bits per heavy atom. The molecule has 15 nitrogen and oxygen atoms in total. The third-order valence-corrected chi connectivity index (χ3v) is 7.65. The molecule has 10 N–H and O–H groups in total. The maximum atomic E-state index is 10.7. The normalized spacial score (nSPS) is 34.4. The Morgan fingerprint density at radius 2 is 1.37 bits per heavy atom. The van der Waals surface area contributed by atoms with Crippen LogP contribution in [-0.2, 0) is 25.4 Å². The topological polar surface area (TPSA) is 248 Å². The highest BCUT2D eigenvalue weighted by Gasteiger charge is 2.47. The Labute approximate surface area is 244 Å². The molecule has 2 fully saturated rings. The van der Waals surface area contributed by atoms with Crippen LogP contribution in [0, 0.1) is 0 Å². The number of allylic oxidation sites excluding steroid dienone is 1. The molecule has 2 saturated heterocycles. The monoisotopic (exact) mass is 610 g/mol. The molecule has 0 aromatic heterocycles. The van der Waals surface area contributed by atoms with Crippen molar-refractivity contribution in [2.24, 2.45) is 0 Å². The Bertz CT molecular complexity index is 1350. The van der Waals surface area contributed by atoms with E-state index in [-0.39, 0.29) is 59.5 Å². The number of hydrogen-bond donors (Lipinski definition) is 10. The van der Waals surface area contributed by atoms with Crippen molar-refractivity contribution in [1.82, 2.24) is 0 Å². The molecule has 2 aromatic carbocycles. The van der Waals surface area contributed by atoms with E-state index in [2.05, 4.69) is 0 Å². The molecule has 3 aliphatic rings. The number of rotatable bonds is 7. The van der Waals surface area contributed by atoms with Crippen LogP contribution in [0.4, 0.5) is 0 Å². The van der Waals surface area contributed by atoms with Gasteiger partial charge in [-0.25, -0.2) is 0 Å². The molecule has 0 aliphatic carbocycles. The zero-order valence-corrected chi connectivity index (χ0v) is 22.8. The summed E-state index contributed by atoms with van der Waals surface area (Å²) in [6.45, 7) is 0.864. The average Bonchev–Trinajstić information content (AvgIpc) is 2.97. The largest absolute Gasteiger partial charge is 0.508 e. The second-order valence-corrected chi connectivity index (χ2v) is 10.7. The Morgan fingerprint density at radius 1 is 0.721 bits per heavy atom. The molecule has 0 bridgehead atoms. The molecule has 0 amide bonds. The van der Waals surface area contributed by atoms with Gasteiger partial charge in [0, 0.05) is 29.7 Å². The molecule has 236 valence electrons. The highest BCUT2D eigenvalue weighted by atomic mass is 16.7. The summed E-state index contributed by atoms with van der Waals surface area (Å²) in [4.78, 5) is 0. The van der Waals surface area contributed by atoms with Crippen molar-refractivity contribution in [2.75, 3.05) is 13.2 Å². The molecule has 3 aliphatic heterocycles. The van der Waals surface area contributed by atoms with E-state index in [1.807, 2.05) is 0 Å². The number of benzene rings is 2. The fourth-order valence-electron chi connectivity index (χ4n) is 5.14. The molecule has 0 unspecified atom stereocenters. The van der Waals surface area contributed by atoms with Gasteiger partial charge in [-0.1, -0.05) is 0 Å². The maximum absolute atomic E-state index is 10.7. The summed E-state index contributed by atoms with van der Waals surface area (Å²) in [6, 6.07) is 6.10. The van der Waals surface area contributed by atoms with Crippen LogP contribution in [0.5, 0.6) is 28.7 Å². The predicted molar refractivity (Wildman–Crippen MR) is 142 cm³/mol. The van der Waals surface area contributed by atoms with Crippen LogP contribution in [0.25, 0.3) is 5.76 Å². The van der Waals surface area contributed by atoms with Gasteiger partial charge in [-0.15, -0.1) is 0 Å². The fraction of sp³-hybridized carbons (Fsp3) is 0.500. The summed E-state index contributed by atoms with van der Waals surface area (Å²) >= 11 is 0. The molecule has 0 radical (unpaired) electrons.